The fourth-order valence-corrected chi connectivity index (χ4v) is 1.77. The van der Waals surface area contributed by atoms with Gasteiger partial charge >= 0.3 is 0 Å². The van der Waals surface area contributed by atoms with E-state index in [1.807, 2.05) is 23.9 Å². The standard InChI is InChI=1S/C11H15N3/c1-14-11(7-4-8-12)9-5-2-3-6-10(9)13-14/h2-3,5-6H,4,7-8,12H2,1H3. The largest absolute Gasteiger partial charge is 0.330 e. The van der Waals surface area contributed by atoms with Gasteiger partial charge in [0, 0.05) is 18.1 Å². The van der Waals surface area contributed by atoms with Crippen molar-refractivity contribution in [3.05, 3.63) is 30.0 Å². The van der Waals surface area contributed by atoms with Crippen LogP contribution >= 0.6 is 0 Å². The van der Waals surface area contributed by atoms with Crippen LogP contribution in [0.25, 0.3) is 10.9 Å². The van der Waals surface area contributed by atoms with Crippen LogP contribution in [0, 0.1) is 0 Å². The van der Waals surface area contributed by atoms with E-state index in [-0.39, 0.29) is 0 Å². The Labute approximate surface area is 83.5 Å². The second-order valence-electron chi connectivity index (χ2n) is 3.48. The van der Waals surface area contributed by atoms with Crippen LogP contribution in [-0.2, 0) is 13.5 Å². The average molecular weight is 189 g/mol. The van der Waals surface area contributed by atoms with E-state index in [4.69, 9.17) is 5.73 Å². The van der Waals surface area contributed by atoms with Crippen LogP contribution in [0.15, 0.2) is 24.3 Å². The molecule has 1 aromatic carbocycles. The van der Waals surface area contributed by atoms with Crippen molar-refractivity contribution < 1.29 is 0 Å². The molecule has 0 saturated heterocycles. The molecule has 14 heavy (non-hydrogen) atoms. The van der Waals surface area contributed by atoms with Crippen LogP contribution in [0.1, 0.15) is 12.1 Å². The Morgan fingerprint density at radius 1 is 1.36 bits per heavy atom. The van der Waals surface area contributed by atoms with E-state index in [0.717, 1.165) is 24.9 Å². The average Bonchev–Trinajstić information content (AvgIpc) is 2.51. The number of aryl methyl sites for hydroxylation is 2. The lowest BCUT2D eigenvalue weighted by atomic mass is 10.1. The van der Waals surface area contributed by atoms with E-state index in [1.54, 1.807) is 0 Å². The Morgan fingerprint density at radius 2 is 2.14 bits per heavy atom. The molecule has 0 aliphatic carbocycles. The zero-order valence-corrected chi connectivity index (χ0v) is 8.40. The first kappa shape index (κ1) is 9.21. The molecule has 2 rings (SSSR count). The van der Waals surface area contributed by atoms with Gasteiger partial charge in [0.15, 0.2) is 0 Å². The van der Waals surface area contributed by atoms with Crippen LogP contribution in [-0.4, -0.2) is 16.3 Å². The number of rotatable bonds is 3. The summed E-state index contributed by atoms with van der Waals surface area (Å²) in [6.45, 7) is 0.736. The monoisotopic (exact) mass is 189 g/mol. The van der Waals surface area contributed by atoms with Crippen molar-refractivity contribution >= 4 is 10.9 Å². The van der Waals surface area contributed by atoms with E-state index >= 15 is 0 Å². The topological polar surface area (TPSA) is 43.8 Å². The van der Waals surface area contributed by atoms with Crippen LogP contribution in [0.3, 0.4) is 0 Å². The Balaban J connectivity index is 2.45. The lowest BCUT2D eigenvalue weighted by Crippen LogP contribution is -2.04. The highest BCUT2D eigenvalue weighted by Crippen LogP contribution is 2.18. The van der Waals surface area contributed by atoms with Crippen molar-refractivity contribution in [1.29, 1.82) is 0 Å². The van der Waals surface area contributed by atoms with E-state index in [1.165, 1.54) is 11.1 Å². The summed E-state index contributed by atoms with van der Waals surface area (Å²) >= 11 is 0. The predicted molar refractivity (Wildman–Crippen MR) is 58.1 cm³/mol. The second kappa shape index (κ2) is 3.80. The lowest BCUT2D eigenvalue weighted by Gasteiger charge is -2.00. The third-order valence-corrected chi connectivity index (χ3v) is 2.48. The second-order valence-corrected chi connectivity index (χ2v) is 3.48. The number of benzene rings is 1. The molecule has 3 nitrogen and oxygen atoms in total. The lowest BCUT2D eigenvalue weighted by molar-refractivity contribution is 0.694. The highest BCUT2D eigenvalue weighted by Gasteiger charge is 2.06. The molecule has 0 saturated carbocycles. The first-order valence-corrected chi connectivity index (χ1v) is 4.93. The molecule has 3 heteroatoms. The minimum Gasteiger partial charge on any atom is -0.330 e. The summed E-state index contributed by atoms with van der Waals surface area (Å²) in [4.78, 5) is 0. The molecule has 0 aliphatic heterocycles. The quantitative estimate of drug-likeness (QED) is 0.794. The van der Waals surface area contributed by atoms with Crippen molar-refractivity contribution in [2.75, 3.05) is 6.54 Å². The molecule has 0 bridgehead atoms. The zero-order valence-electron chi connectivity index (χ0n) is 8.40. The normalized spacial score (nSPS) is 11.0. The molecule has 0 spiro atoms. The number of aromatic nitrogens is 2. The highest BCUT2D eigenvalue weighted by atomic mass is 15.3. The number of nitrogens with two attached hydrogens (primary N) is 1. The molecule has 0 aliphatic rings. The van der Waals surface area contributed by atoms with Gasteiger partial charge in [0.25, 0.3) is 0 Å². The zero-order chi connectivity index (χ0) is 9.97. The van der Waals surface area contributed by atoms with Gasteiger partial charge in [-0.1, -0.05) is 18.2 Å². The maximum absolute atomic E-state index is 5.51. The maximum Gasteiger partial charge on any atom is 0.0926 e. The van der Waals surface area contributed by atoms with Crippen LogP contribution < -0.4 is 5.73 Å². The van der Waals surface area contributed by atoms with Crippen LogP contribution in [0.5, 0.6) is 0 Å². The van der Waals surface area contributed by atoms with E-state index < -0.39 is 0 Å². The molecule has 74 valence electrons. The molecular formula is C11H15N3. The minimum absolute atomic E-state index is 0.736. The van der Waals surface area contributed by atoms with E-state index in [9.17, 15) is 0 Å². The molecule has 1 aromatic heterocycles. The Hall–Kier alpha value is -1.35. The van der Waals surface area contributed by atoms with Gasteiger partial charge in [0.1, 0.15) is 0 Å². The van der Waals surface area contributed by atoms with Gasteiger partial charge in [0.05, 0.1) is 5.52 Å². The molecule has 0 radical (unpaired) electrons. The first-order valence-electron chi connectivity index (χ1n) is 4.93. The number of nitrogens with zero attached hydrogens (tertiary/aromatic N) is 2. The molecule has 0 atom stereocenters. The highest BCUT2D eigenvalue weighted by molar-refractivity contribution is 5.81. The van der Waals surface area contributed by atoms with Gasteiger partial charge in [-0.25, -0.2) is 0 Å². The summed E-state index contributed by atoms with van der Waals surface area (Å²) in [5.41, 5.74) is 7.86. The summed E-state index contributed by atoms with van der Waals surface area (Å²) in [5, 5.41) is 5.70. The minimum atomic E-state index is 0.736. The summed E-state index contributed by atoms with van der Waals surface area (Å²) in [7, 11) is 1.99. The molecule has 0 amide bonds. The summed E-state index contributed by atoms with van der Waals surface area (Å²) < 4.78 is 1.96. The summed E-state index contributed by atoms with van der Waals surface area (Å²) in [5.74, 6) is 0. The molecule has 2 aromatic rings. The fraction of sp³-hybridized carbons (Fsp3) is 0.364. The molecular weight excluding hydrogens is 174 g/mol. The van der Waals surface area contributed by atoms with Gasteiger partial charge in [0.2, 0.25) is 0 Å². The Morgan fingerprint density at radius 3 is 2.93 bits per heavy atom. The van der Waals surface area contributed by atoms with Crippen molar-refractivity contribution in [3.8, 4) is 0 Å². The maximum atomic E-state index is 5.51. The number of hydrogen-bond acceptors (Lipinski definition) is 2. The SMILES string of the molecule is Cn1nc2ccccc2c1CCCN. The molecule has 2 N–H and O–H groups in total. The van der Waals surface area contributed by atoms with Gasteiger partial charge in [-0.3, -0.25) is 4.68 Å². The number of fused-ring (bicyclic) bond motifs is 1. The van der Waals surface area contributed by atoms with E-state index in [0.29, 0.717) is 0 Å². The van der Waals surface area contributed by atoms with Crippen LogP contribution in [0.4, 0.5) is 0 Å². The number of hydrogen-bond donors (Lipinski definition) is 1. The van der Waals surface area contributed by atoms with Gasteiger partial charge < -0.3 is 5.73 Å². The van der Waals surface area contributed by atoms with Gasteiger partial charge in [-0.05, 0) is 25.5 Å². The smallest absolute Gasteiger partial charge is 0.0926 e. The summed E-state index contributed by atoms with van der Waals surface area (Å²) in [6, 6.07) is 8.23. The molecule has 0 unspecified atom stereocenters. The third kappa shape index (κ3) is 1.51. The summed E-state index contributed by atoms with van der Waals surface area (Å²) in [6.07, 6.45) is 2.02. The van der Waals surface area contributed by atoms with Crippen LogP contribution in [0.2, 0.25) is 0 Å². The molecule has 1 heterocycles. The molecule has 0 fully saturated rings. The Bertz CT molecular complexity index is 431. The van der Waals surface area contributed by atoms with Gasteiger partial charge in [-0.2, -0.15) is 5.10 Å². The van der Waals surface area contributed by atoms with Gasteiger partial charge in [-0.15, -0.1) is 0 Å². The Kier molecular flexibility index (Phi) is 2.50. The van der Waals surface area contributed by atoms with Crippen molar-refractivity contribution in [2.45, 2.75) is 12.8 Å². The van der Waals surface area contributed by atoms with E-state index in [2.05, 4.69) is 17.2 Å². The van der Waals surface area contributed by atoms with Crippen molar-refractivity contribution in [2.24, 2.45) is 12.8 Å². The third-order valence-electron chi connectivity index (χ3n) is 2.48. The van der Waals surface area contributed by atoms with Crippen molar-refractivity contribution in [1.82, 2.24) is 9.78 Å². The van der Waals surface area contributed by atoms with Crippen molar-refractivity contribution in [3.63, 3.8) is 0 Å². The first-order chi connectivity index (χ1) is 6.83. The predicted octanol–water partition coefficient (Wildman–Crippen LogP) is 1.46. The fourth-order valence-electron chi connectivity index (χ4n) is 1.77.